The lowest BCUT2D eigenvalue weighted by atomic mass is 10.0. The normalized spacial score (nSPS) is 30.7. The van der Waals surface area contributed by atoms with Gasteiger partial charge < -0.3 is 25.0 Å². The maximum Gasteiger partial charge on any atom is 0.410 e. The lowest BCUT2D eigenvalue weighted by Gasteiger charge is -2.30. The Morgan fingerprint density at radius 3 is 2.25 bits per heavy atom. The molecule has 3 saturated carbocycles. The first kappa shape index (κ1) is 41.0. The number of hydrogen-bond donors (Lipinski definition) is 3. The maximum atomic E-state index is 14.6. The van der Waals surface area contributed by atoms with E-state index < -0.39 is 80.1 Å². The number of amides is 5. The molecule has 0 unspecified atom stereocenters. The molecule has 3 heterocycles. The lowest BCUT2D eigenvalue weighted by molar-refractivity contribution is -0.141. The zero-order valence-electron chi connectivity index (χ0n) is 32.6. The van der Waals surface area contributed by atoms with Crippen molar-refractivity contribution in [3.63, 3.8) is 0 Å². The van der Waals surface area contributed by atoms with Crippen LogP contribution in [-0.2, 0) is 47.0 Å². The Hall–Kier alpha value is -4.21. The van der Waals surface area contributed by atoms with Gasteiger partial charge in [-0.15, -0.1) is 6.58 Å². The molecule has 3 N–H and O–H groups in total. The molecule has 5 fully saturated rings. The Morgan fingerprint density at radius 2 is 1.58 bits per heavy atom. The monoisotopic (exact) mass is 813 g/mol. The first-order valence-electron chi connectivity index (χ1n) is 20.9. The molecule has 312 valence electrons. The van der Waals surface area contributed by atoms with Crippen LogP contribution in [0.1, 0.15) is 127 Å². The van der Waals surface area contributed by atoms with Crippen molar-refractivity contribution in [1.29, 1.82) is 0 Å². The molecule has 5 atom stereocenters. The van der Waals surface area contributed by atoms with Gasteiger partial charge in [0.25, 0.3) is 5.91 Å². The molecule has 2 spiro atoms. The molecule has 0 bridgehead atoms. The predicted octanol–water partition coefficient (Wildman–Crippen LogP) is 5.24. The fourth-order valence-electron chi connectivity index (χ4n) is 9.20. The Balaban J connectivity index is 1.13. The third kappa shape index (κ3) is 8.95. The molecule has 3 aliphatic heterocycles. The number of nitrogens with zero attached hydrogens (tertiary/aromatic N) is 2. The molecule has 57 heavy (non-hydrogen) atoms. The van der Waals surface area contributed by atoms with Gasteiger partial charge in [-0.3, -0.25) is 24.0 Å². The topological polar surface area (TPSA) is 181 Å². The number of nitrogens with one attached hydrogen (secondary N) is 3. The summed E-state index contributed by atoms with van der Waals surface area (Å²) in [4.78, 5) is 72.1. The molecule has 6 aliphatic rings. The Morgan fingerprint density at radius 1 is 0.895 bits per heavy atom. The van der Waals surface area contributed by atoms with Gasteiger partial charge in [-0.2, -0.15) is 0 Å². The number of carbonyl (C=O) groups excluding carboxylic acids is 5. The van der Waals surface area contributed by atoms with Crippen LogP contribution >= 0.6 is 0 Å². The molecule has 14 nitrogen and oxygen atoms in total. The zero-order chi connectivity index (χ0) is 40.4. The van der Waals surface area contributed by atoms with Crippen molar-refractivity contribution in [2.45, 2.75) is 163 Å². The van der Waals surface area contributed by atoms with Gasteiger partial charge in [0.15, 0.2) is 0 Å². The molecule has 7 rings (SSSR count). The van der Waals surface area contributed by atoms with Gasteiger partial charge in [-0.25, -0.2) is 22.4 Å². The van der Waals surface area contributed by atoms with Gasteiger partial charge in [0.1, 0.15) is 35.6 Å². The van der Waals surface area contributed by atoms with Crippen LogP contribution in [0, 0.1) is 11.7 Å². The van der Waals surface area contributed by atoms with Crippen LogP contribution in [0.3, 0.4) is 0 Å². The Labute approximate surface area is 334 Å². The summed E-state index contributed by atoms with van der Waals surface area (Å²) in [6, 6.07) is 2.34. The molecule has 3 aliphatic carbocycles. The molecule has 1 aromatic rings. The van der Waals surface area contributed by atoms with Crippen LogP contribution in [0.15, 0.2) is 30.9 Å². The number of hydrogen-bond acceptors (Lipinski definition) is 9. The van der Waals surface area contributed by atoms with Crippen molar-refractivity contribution in [2.24, 2.45) is 5.92 Å². The zero-order valence-corrected chi connectivity index (χ0v) is 33.4. The highest BCUT2D eigenvalue weighted by Gasteiger charge is 2.63. The van der Waals surface area contributed by atoms with Gasteiger partial charge in [0.2, 0.25) is 21.8 Å². The van der Waals surface area contributed by atoms with Crippen molar-refractivity contribution in [3.8, 4) is 0 Å². The minimum atomic E-state index is -4.07. The summed E-state index contributed by atoms with van der Waals surface area (Å²) in [6.07, 6.45) is 10.7. The average molecular weight is 814 g/mol. The van der Waals surface area contributed by atoms with Crippen molar-refractivity contribution >= 4 is 39.9 Å². The first-order valence-corrected chi connectivity index (χ1v) is 22.3. The van der Waals surface area contributed by atoms with Crippen LogP contribution in [0.5, 0.6) is 0 Å². The van der Waals surface area contributed by atoms with E-state index in [1.165, 1.54) is 21.9 Å². The SMILES string of the molecule is C=C[C@@H]1C[C@@]12NC(=O)[C@@H]1C[C@@H](OC(=O)N3Cc4cccc(F)c4C3)CN1C(=O)[C@@H](NC(=O)OC1CCCC1)CCCCCCCCCCC1(CC1)S(=O)(=O)NC2=O. The second-order valence-electron chi connectivity index (χ2n) is 17.0. The number of rotatable bonds is 4. The van der Waals surface area contributed by atoms with Crippen LogP contribution in [0.2, 0.25) is 0 Å². The van der Waals surface area contributed by atoms with Crippen molar-refractivity contribution < 1.29 is 46.3 Å². The third-order valence-corrected chi connectivity index (χ3v) is 15.2. The van der Waals surface area contributed by atoms with Gasteiger partial charge in [0, 0.05) is 24.4 Å². The highest BCUT2D eigenvalue weighted by atomic mass is 32.2. The van der Waals surface area contributed by atoms with E-state index in [0.717, 1.165) is 70.6 Å². The van der Waals surface area contributed by atoms with Crippen molar-refractivity contribution in [1.82, 2.24) is 25.2 Å². The number of fused-ring (bicyclic) bond motifs is 2. The number of alkyl carbamates (subject to hydrolysis) is 1. The first-order chi connectivity index (χ1) is 27.3. The van der Waals surface area contributed by atoms with Crippen molar-refractivity contribution in [2.75, 3.05) is 6.54 Å². The molecule has 1 aromatic carbocycles. The highest BCUT2D eigenvalue weighted by Crippen LogP contribution is 2.49. The number of ether oxygens (including phenoxy) is 2. The van der Waals surface area contributed by atoms with Crippen molar-refractivity contribution in [3.05, 3.63) is 47.8 Å². The summed E-state index contributed by atoms with van der Waals surface area (Å²) < 4.78 is 54.7. The second kappa shape index (κ2) is 16.9. The fourth-order valence-corrected chi connectivity index (χ4v) is 10.9. The minimum absolute atomic E-state index is 0.0000138. The van der Waals surface area contributed by atoms with Gasteiger partial charge >= 0.3 is 12.2 Å². The number of carbonyl (C=O) groups is 5. The molecular formula is C41H56FN5O9S. The third-order valence-electron chi connectivity index (χ3n) is 13.0. The molecule has 2 saturated heterocycles. The summed E-state index contributed by atoms with van der Waals surface area (Å²) in [6.45, 7) is 3.75. The smallest absolute Gasteiger partial charge is 0.410 e. The quantitative estimate of drug-likeness (QED) is 0.343. The minimum Gasteiger partial charge on any atom is -0.446 e. The average Bonchev–Trinajstić information content (AvgIpc) is 3.87. The summed E-state index contributed by atoms with van der Waals surface area (Å²) >= 11 is 0. The standard InChI is InChI=1S/C41H56FN5O9S/c1-2-28-23-41(28)37(50)45-57(53,54)40(20-21-40)19-12-8-6-4-3-5-7-9-18-33(43-38(51)55-29-15-10-11-16-29)36(49)47-25-30(22-34(47)35(48)44-41)56-39(52)46-24-27-14-13-17-32(42)31(27)26-46/h2,13-14,17,28-30,33-34H,1,3-12,15-16,18-26H2,(H,43,51)(H,44,48)(H,45,50)/t28-,30-,33+,34+,41-/m1/s1. The van der Waals surface area contributed by atoms with Gasteiger partial charge in [-0.1, -0.05) is 69.6 Å². The van der Waals surface area contributed by atoms with Crippen LogP contribution in [0.4, 0.5) is 14.0 Å². The van der Waals surface area contributed by atoms with Crippen LogP contribution in [-0.4, -0.2) is 89.2 Å². The van der Waals surface area contributed by atoms with Gasteiger partial charge in [0.05, 0.1) is 17.8 Å². The summed E-state index contributed by atoms with van der Waals surface area (Å²) in [5.74, 6) is -3.14. The molecular weight excluding hydrogens is 758 g/mol. The predicted molar refractivity (Wildman–Crippen MR) is 206 cm³/mol. The largest absolute Gasteiger partial charge is 0.446 e. The van der Waals surface area contributed by atoms with E-state index in [1.807, 2.05) is 0 Å². The lowest BCUT2D eigenvalue weighted by Crippen LogP contribution is -2.58. The Bertz CT molecular complexity index is 1850. The van der Waals surface area contributed by atoms with Crippen LogP contribution < -0.4 is 15.4 Å². The van der Waals surface area contributed by atoms with E-state index in [4.69, 9.17) is 9.47 Å². The van der Waals surface area contributed by atoms with E-state index in [1.54, 1.807) is 12.1 Å². The van der Waals surface area contributed by atoms with E-state index in [2.05, 4.69) is 21.9 Å². The molecule has 16 heteroatoms. The second-order valence-corrected chi connectivity index (χ2v) is 19.1. The van der Waals surface area contributed by atoms with Crippen LogP contribution in [0.25, 0.3) is 0 Å². The highest BCUT2D eigenvalue weighted by molar-refractivity contribution is 7.91. The van der Waals surface area contributed by atoms with E-state index in [0.29, 0.717) is 36.8 Å². The number of benzene rings is 1. The number of sulfonamides is 1. The Kier molecular flexibility index (Phi) is 12.2. The van der Waals surface area contributed by atoms with E-state index in [-0.39, 0.29) is 45.0 Å². The summed E-state index contributed by atoms with van der Waals surface area (Å²) in [5.41, 5.74) is -0.564. The van der Waals surface area contributed by atoms with E-state index in [9.17, 15) is 36.8 Å². The number of halogens is 1. The summed E-state index contributed by atoms with van der Waals surface area (Å²) in [7, 11) is -4.07. The molecule has 5 amide bonds. The molecule has 0 aromatic heterocycles. The fraction of sp³-hybridized carbons (Fsp3) is 0.683. The summed E-state index contributed by atoms with van der Waals surface area (Å²) in [5, 5.41) is 5.57. The maximum absolute atomic E-state index is 14.6. The van der Waals surface area contributed by atoms with Gasteiger partial charge in [-0.05, 0) is 69.4 Å². The molecule has 0 radical (unpaired) electrons. The van der Waals surface area contributed by atoms with E-state index >= 15 is 0 Å².